The Balaban J connectivity index is 1.32. The minimum Gasteiger partial charge on any atom is -0.497 e. The van der Waals surface area contributed by atoms with E-state index < -0.39 is 12.0 Å². The van der Waals surface area contributed by atoms with Gasteiger partial charge in [0.25, 0.3) is 0 Å². The van der Waals surface area contributed by atoms with Crippen molar-refractivity contribution in [2.45, 2.75) is 43.9 Å². The molecule has 2 aromatic carbocycles. The Bertz CT molecular complexity index is 1020. The quantitative estimate of drug-likeness (QED) is 0.514. The second-order valence-electron chi connectivity index (χ2n) is 9.04. The zero-order chi connectivity index (χ0) is 24.9. The van der Waals surface area contributed by atoms with Crippen molar-refractivity contribution in [1.29, 1.82) is 0 Å². The summed E-state index contributed by atoms with van der Waals surface area (Å²) in [6.07, 6.45) is 3.91. The highest BCUT2D eigenvalue weighted by atomic mass is 35.5. The molecule has 4 rings (SSSR count). The van der Waals surface area contributed by atoms with Crippen LogP contribution in [0.2, 0.25) is 10.0 Å². The lowest BCUT2D eigenvalue weighted by Gasteiger charge is -2.43. The molecule has 0 bridgehead atoms. The van der Waals surface area contributed by atoms with Gasteiger partial charge in [0.05, 0.1) is 24.3 Å². The Hall–Kier alpha value is -2.19. The van der Waals surface area contributed by atoms with Crippen molar-refractivity contribution in [3.8, 4) is 17.2 Å². The summed E-state index contributed by atoms with van der Waals surface area (Å²) in [5, 5.41) is 11.1. The summed E-state index contributed by atoms with van der Waals surface area (Å²) in [6, 6.07) is 10.4. The van der Waals surface area contributed by atoms with Crippen molar-refractivity contribution >= 4 is 29.2 Å². The molecular weight excluding hydrogens is 491 g/mol. The highest BCUT2D eigenvalue weighted by molar-refractivity contribution is 6.42. The number of aliphatic carboxylic acids is 1. The average Bonchev–Trinajstić information content (AvgIpc) is 2.87. The van der Waals surface area contributed by atoms with Gasteiger partial charge in [0.15, 0.2) is 0 Å². The van der Waals surface area contributed by atoms with Crippen LogP contribution in [0.25, 0.3) is 0 Å². The van der Waals surface area contributed by atoms with Crippen LogP contribution in [0, 0.1) is 0 Å². The monoisotopic (exact) mass is 522 g/mol. The lowest BCUT2D eigenvalue weighted by Crippen LogP contribution is -2.50. The molecule has 0 spiro atoms. The van der Waals surface area contributed by atoms with Crippen LogP contribution in [0.3, 0.4) is 0 Å². The Morgan fingerprint density at radius 2 is 1.60 bits per heavy atom. The molecule has 7 nitrogen and oxygen atoms in total. The Kier molecular flexibility index (Phi) is 8.65. The fraction of sp³-hybridized carbons (Fsp3) is 0.500. The van der Waals surface area contributed by atoms with Gasteiger partial charge in [-0.3, -0.25) is 9.69 Å². The summed E-state index contributed by atoms with van der Waals surface area (Å²) in [5.41, 5.74) is 0.652. The fourth-order valence-corrected chi connectivity index (χ4v) is 5.43. The molecule has 9 heteroatoms. The molecule has 2 heterocycles. The highest BCUT2D eigenvalue weighted by Gasteiger charge is 2.35. The van der Waals surface area contributed by atoms with E-state index in [1.54, 1.807) is 44.6 Å². The van der Waals surface area contributed by atoms with Crippen molar-refractivity contribution in [1.82, 2.24) is 9.80 Å². The van der Waals surface area contributed by atoms with Crippen LogP contribution in [0.15, 0.2) is 36.4 Å². The SMILES string of the molecule is COc1ccc(C(C(=O)O)N2CCC(N3CCC(Oc4ccc(Cl)c(Cl)c4)CC3)CC2)c(OC)c1. The standard InChI is InChI=1S/C26H32Cl2N2O5/c1-33-19-3-5-21(24(16-19)34-2)25(26(31)32)30-11-7-17(8-12-30)29-13-9-18(10-14-29)35-20-4-6-22(27)23(28)15-20/h3-6,15-18,25H,7-14H2,1-2H3,(H,31,32). The van der Waals surface area contributed by atoms with Gasteiger partial charge in [-0.15, -0.1) is 0 Å². The van der Waals surface area contributed by atoms with Gasteiger partial charge in [0.2, 0.25) is 0 Å². The predicted octanol–water partition coefficient (Wildman–Crippen LogP) is 5.14. The third-order valence-corrected chi connectivity index (χ3v) is 7.76. The Morgan fingerprint density at radius 1 is 0.914 bits per heavy atom. The van der Waals surface area contributed by atoms with Gasteiger partial charge >= 0.3 is 5.97 Å². The van der Waals surface area contributed by atoms with E-state index >= 15 is 0 Å². The molecule has 2 aliphatic rings. The van der Waals surface area contributed by atoms with Gasteiger partial charge in [-0.25, -0.2) is 0 Å². The normalized spacial score (nSPS) is 19.3. The lowest BCUT2D eigenvalue weighted by molar-refractivity contribution is -0.144. The number of rotatable bonds is 8. The minimum absolute atomic E-state index is 0.155. The van der Waals surface area contributed by atoms with E-state index in [0.717, 1.165) is 57.6 Å². The average molecular weight is 523 g/mol. The smallest absolute Gasteiger partial charge is 0.325 e. The van der Waals surface area contributed by atoms with E-state index in [9.17, 15) is 9.90 Å². The maximum atomic E-state index is 12.3. The summed E-state index contributed by atoms with van der Waals surface area (Å²) in [5.74, 6) is 1.05. The summed E-state index contributed by atoms with van der Waals surface area (Å²) in [4.78, 5) is 16.8. The van der Waals surface area contributed by atoms with Crippen molar-refractivity contribution in [3.05, 3.63) is 52.0 Å². The number of carboxylic acids is 1. The molecule has 2 saturated heterocycles. The van der Waals surface area contributed by atoms with Crippen LogP contribution >= 0.6 is 23.2 Å². The molecule has 1 atom stereocenters. The summed E-state index contributed by atoms with van der Waals surface area (Å²) < 4.78 is 16.9. The molecule has 0 radical (unpaired) electrons. The first kappa shape index (κ1) is 25.9. The van der Waals surface area contributed by atoms with E-state index in [0.29, 0.717) is 33.1 Å². The first-order chi connectivity index (χ1) is 16.9. The van der Waals surface area contributed by atoms with Gasteiger partial charge in [-0.1, -0.05) is 23.2 Å². The van der Waals surface area contributed by atoms with E-state index in [4.69, 9.17) is 37.4 Å². The number of carbonyl (C=O) groups is 1. The number of piperidine rings is 2. The van der Waals surface area contributed by atoms with Crippen molar-refractivity contribution in [2.24, 2.45) is 0 Å². The van der Waals surface area contributed by atoms with E-state index in [1.165, 1.54) is 0 Å². The van der Waals surface area contributed by atoms with E-state index in [1.807, 2.05) is 11.0 Å². The topological polar surface area (TPSA) is 71.5 Å². The largest absolute Gasteiger partial charge is 0.497 e. The molecule has 2 aromatic rings. The second kappa shape index (κ2) is 11.7. The fourth-order valence-electron chi connectivity index (χ4n) is 5.14. The van der Waals surface area contributed by atoms with Crippen LogP contribution in [-0.4, -0.2) is 73.4 Å². The third kappa shape index (κ3) is 6.15. The molecule has 2 fully saturated rings. The Labute approximate surface area is 216 Å². The van der Waals surface area contributed by atoms with Gasteiger partial charge in [0, 0.05) is 49.9 Å². The number of benzene rings is 2. The maximum absolute atomic E-state index is 12.3. The van der Waals surface area contributed by atoms with Crippen molar-refractivity contribution < 1.29 is 24.1 Å². The second-order valence-corrected chi connectivity index (χ2v) is 9.86. The van der Waals surface area contributed by atoms with Crippen molar-refractivity contribution in [2.75, 3.05) is 40.4 Å². The molecule has 1 unspecified atom stereocenters. The van der Waals surface area contributed by atoms with E-state index in [-0.39, 0.29) is 6.10 Å². The summed E-state index contributed by atoms with van der Waals surface area (Å²) in [6.45, 7) is 3.36. The van der Waals surface area contributed by atoms with Gasteiger partial charge < -0.3 is 24.2 Å². The summed E-state index contributed by atoms with van der Waals surface area (Å²) in [7, 11) is 3.13. The number of nitrogens with zero attached hydrogens (tertiary/aromatic N) is 2. The van der Waals surface area contributed by atoms with Crippen LogP contribution in [0.1, 0.15) is 37.3 Å². The minimum atomic E-state index is -0.868. The molecule has 190 valence electrons. The lowest BCUT2D eigenvalue weighted by atomic mass is 9.95. The predicted molar refractivity (Wildman–Crippen MR) is 136 cm³/mol. The van der Waals surface area contributed by atoms with Crippen LogP contribution in [-0.2, 0) is 4.79 Å². The molecule has 2 aliphatic heterocycles. The van der Waals surface area contributed by atoms with Gasteiger partial charge in [-0.2, -0.15) is 0 Å². The zero-order valence-electron chi connectivity index (χ0n) is 20.1. The van der Waals surface area contributed by atoms with Crippen molar-refractivity contribution in [3.63, 3.8) is 0 Å². The molecule has 0 amide bonds. The molecular formula is C26H32Cl2N2O5. The van der Waals surface area contributed by atoms with Gasteiger partial charge in [0.1, 0.15) is 29.4 Å². The number of hydrogen-bond donors (Lipinski definition) is 1. The molecule has 1 N–H and O–H groups in total. The number of ether oxygens (including phenoxy) is 3. The first-order valence-electron chi connectivity index (χ1n) is 11.9. The number of halogens is 2. The molecule has 0 aliphatic carbocycles. The number of carboxylic acid groups (broad SMARTS) is 1. The number of hydrogen-bond acceptors (Lipinski definition) is 6. The van der Waals surface area contributed by atoms with Gasteiger partial charge in [-0.05, 0) is 49.9 Å². The Morgan fingerprint density at radius 3 is 2.20 bits per heavy atom. The number of likely N-dealkylation sites (tertiary alicyclic amines) is 2. The van der Waals surface area contributed by atoms with Crippen LogP contribution in [0.4, 0.5) is 0 Å². The van der Waals surface area contributed by atoms with Crippen LogP contribution in [0.5, 0.6) is 17.2 Å². The highest BCUT2D eigenvalue weighted by Crippen LogP contribution is 2.35. The summed E-state index contributed by atoms with van der Waals surface area (Å²) >= 11 is 12.1. The third-order valence-electron chi connectivity index (χ3n) is 7.02. The maximum Gasteiger partial charge on any atom is 0.325 e. The first-order valence-corrected chi connectivity index (χ1v) is 12.7. The zero-order valence-corrected chi connectivity index (χ0v) is 21.6. The van der Waals surface area contributed by atoms with E-state index in [2.05, 4.69) is 4.90 Å². The molecule has 35 heavy (non-hydrogen) atoms. The van der Waals surface area contributed by atoms with Crippen LogP contribution < -0.4 is 14.2 Å². The molecule has 0 aromatic heterocycles. The number of methoxy groups -OCH3 is 2. The molecule has 0 saturated carbocycles.